The Hall–Kier alpha value is -5.29. The van der Waals surface area contributed by atoms with Crippen LogP contribution < -0.4 is 0 Å². The van der Waals surface area contributed by atoms with Crippen molar-refractivity contribution in [2.24, 2.45) is 0 Å². The molecule has 0 spiro atoms. The van der Waals surface area contributed by atoms with Gasteiger partial charge in [0.2, 0.25) is 0 Å². The lowest BCUT2D eigenvalue weighted by Gasteiger charge is -2.11. The van der Waals surface area contributed by atoms with E-state index >= 15 is 0 Å². The first kappa shape index (κ1) is 21.9. The molecule has 0 radical (unpaired) electrons. The van der Waals surface area contributed by atoms with Gasteiger partial charge in [-0.2, -0.15) is 0 Å². The van der Waals surface area contributed by atoms with Gasteiger partial charge in [0.15, 0.2) is 23.3 Å². The van der Waals surface area contributed by atoms with Gasteiger partial charge in [-0.1, -0.05) is 115 Å². The Balaban J connectivity index is 1.48. The molecular weight excluding hydrogens is 466 g/mol. The SMILES string of the molecule is c1ccc(-c2nc(-c3ccccc3)nc(-c3nc(-c4ccc5ccccc5c4)nc4ccccc34)n2)cc1. The number of fused-ring (bicyclic) bond motifs is 2. The minimum Gasteiger partial charge on any atom is -0.228 e. The summed E-state index contributed by atoms with van der Waals surface area (Å²) in [7, 11) is 0. The van der Waals surface area contributed by atoms with Gasteiger partial charge >= 0.3 is 0 Å². The van der Waals surface area contributed by atoms with Crippen LogP contribution in [0.2, 0.25) is 0 Å². The van der Waals surface area contributed by atoms with E-state index in [9.17, 15) is 0 Å². The van der Waals surface area contributed by atoms with Crippen LogP contribution in [0.4, 0.5) is 0 Å². The summed E-state index contributed by atoms with van der Waals surface area (Å²) in [4.78, 5) is 24.6. The van der Waals surface area contributed by atoms with Gasteiger partial charge in [-0.25, -0.2) is 24.9 Å². The van der Waals surface area contributed by atoms with Crippen LogP contribution >= 0.6 is 0 Å². The first-order valence-electron chi connectivity index (χ1n) is 12.5. The maximum Gasteiger partial charge on any atom is 0.183 e. The Morgan fingerprint density at radius 3 is 1.61 bits per heavy atom. The predicted octanol–water partition coefficient (Wildman–Crippen LogP) is 7.64. The van der Waals surface area contributed by atoms with Gasteiger partial charge in [0.1, 0.15) is 5.69 Å². The molecule has 0 aliphatic rings. The molecule has 5 aromatic carbocycles. The molecule has 2 aromatic heterocycles. The number of benzene rings is 5. The first-order valence-corrected chi connectivity index (χ1v) is 12.5. The summed E-state index contributed by atoms with van der Waals surface area (Å²) in [6.45, 7) is 0. The minimum absolute atomic E-state index is 0.512. The van der Waals surface area contributed by atoms with E-state index < -0.39 is 0 Å². The smallest absolute Gasteiger partial charge is 0.183 e. The van der Waals surface area contributed by atoms with Crippen molar-refractivity contribution in [3.63, 3.8) is 0 Å². The number of para-hydroxylation sites is 1. The maximum atomic E-state index is 5.05. The fourth-order valence-corrected chi connectivity index (χ4v) is 4.62. The van der Waals surface area contributed by atoms with Crippen LogP contribution in [0.25, 0.3) is 67.4 Å². The third-order valence-corrected chi connectivity index (χ3v) is 6.52. The van der Waals surface area contributed by atoms with Crippen molar-refractivity contribution < 1.29 is 0 Å². The third-order valence-electron chi connectivity index (χ3n) is 6.52. The summed E-state index contributed by atoms with van der Waals surface area (Å²) in [6, 6.07) is 42.5. The van der Waals surface area contributed by atoms with E-state index in [0.717, 1.165) is 33.0 Å². The quantitative estimate of drug-likeness (QED) is 0.255. The van der Waals surface area contributed by atoms with E-state index in [4.69, 9.17) is 24.9 Å². The monoisotopic (exact) mass is 487 g/mol. The summed E-state index contributed by atoms with van der Waals surface area (Å²) in [5.74, 6) is 2.35. The second kappa shape index (κ2) is 9.30. The molecule has 0 amide bonds. The molecule has 2 heterocycles. The number of hydrogen-bond acceptors (Lipinski definition) is 5. The third kappa shape index (κ3) is 4.06. The van der Waals surface area contributed by atoms with E-state index in [1.807, 2.05) is 97.1 Å². The zero-order valence-electron chi connectivity index (χ0n) is 20.4. The van der Waals surface area contributed by atoms with Crippen LogP contribution in [0.1, 0.15) is 0 Å². The molecule has 0 aliphatic heterocycles. The number of nitrogens with zero attached hydrogens (tertiary/aromatic N) is 5. The summed E-state index contributed by atoms with van der Waals surface area (Å²) in [5.41, 5.74) is 4.29. The van der Waals surface area contributed by atoms with Crippen molar-refractivity contribution in [1.82, 2.24) is 24.9 Å². The molecule has 5 nitrogen and oxygen atoms in total. The highest BCUT2D eigenvalue weighted by atomic mass is 15.1. The largest absolute Gasteiger partial charge is 0.228 e. The lowest BCUT2D eigenvalue weighted by atomic mass is 10.1. The molecule has 0 aliphatic carbocycles. The van der Waals surface area contributed by atoms with E-state index in [2.05, 4.69) is 30.3 Å². The van der Waals surface area contributed by atoms with Gasteiger partial charge in [0, 0.05) is 22.1 Å². The van der Waals surface area contributed by atoms with E-state index in [0.29, 0.717) is 29.0 Å². The van der Waals surface area contributed by atoms with Crippen molar-refractivity contribution >= 4 is 21.7 Å². The van der Waals surface area contributed by atoms with E-state index in [1.54, 1.807) is 0 Å². The lowest BCUT2D eigenvalue weighted by Crippen LogP contribution is -2.03. The van der Waals surface area contributed by atoms with E-state index in [1.165, 1.54) is 5.39 Å². The van der Waals surface area contributed by atoms with Crippen molar-refractivity contribution in [1.29, 1.82) is 0 Å². The topological polar surface area (TPSA) is 64.5 Å². The second-order valence-electron chi connectivity index (χ2n) is 9.01. The van der Waals surface area contributed by atoms with Gasteiger partial charge < -0.3 is 0 Å². The molecular formula is C33H21N5. The average molecular weight is 488 g/mol. The second-order valence-corrected chi connectivity index (χ2v) is 9.01. The van der Waals surface area contributed by atoms with Crippen LogP contribution in [0.3, 0.4) is 0 Å². The van der Waals surface area contributed by atoms with Gasteiger partial charge in [-0.15, -0.1) is 0 Å². The van der Waals surface area contributed by atoms with Crippen molar-refractivity contribution in [3.05, 3.63) is 127 Å². The highest BCUT2D eigenvalue weighted by Crippen LogP contribution is 2.31. The average Bonchev–Trinajstić information content (AvgIpc) is 3.01. The molecule has 0 atom stereocenters. The van der Waals surface area contributed by atoms with E-state index in [-0.39, 0.29) is 0 Å². The molecule has 178 valence electrons. The Bertz CT molecular complexity index is 1860. The molecule has 0 fully saturated rings. The van der Waals surface area contributed by atoms with Crippen LogP contribution in [-0.2, 0) is 0 Å². The zero-order chi connectivity index (χ0) is 25.3. The molecule has 0 saturated heterocycles. The predicted molar refractivity (Wildman–Crippen MR) is 152 cm³/mol. The standard InChI is InChI=1S/C33H21N5/c1-3-12-23(13-4-1)30-36-31(24-14-5-2-6-15-24)38-33(37-30)29-27-17-9-10-18-28(27)34-32(35-29)26-20-19-22-11-7-8-16-25(22)21-26/h1-21H. The Kier molecular flexibility index (Phi) is 5.37. The lowest BCUT2D eigenvalue weighted by molar-refractivity contribution is 1.06. The zero-order valence-corrected chi connectivity index (χ0v) is 20.4. The van der Waals surface area contributed by atoms with Crippen LogP contribution in [-0.4, -0.2) is 24.9 Å². The highest BCUT2D eigenvalue weighted by Gasteiger charge is 2.17. The van der Waals surface area contributed by atoms with Gasteiger partial charge in [0.25, 0.3) is 0 Å². The fraction of sp³-hybridized carbons (Fsp3) is 0. The first-order chi connectivity index (χ1) is 18.8. The molecule has 0 unspecified atom stereocenters. The Morgan fingerprint density at radius 1 is 0.342 bits per heavy atom. The summed E-state index contributed by atoms with van der Waals surface area (Å²) < 4.78 is 0. The Labute approximate surface area is 219 Å². The molecule has 7 rings (SSSR count). The fourth-order valence-electron chi connectivity index (χ4n) is 4.62. The molecule has 5 heteroatoms. The van der Waals surface area contributed by atoms with Gasteiger partial charge in [-0.3, -0.25) is 0 Å². The molecule has 0 N–H and O–H groups in total. The minimum atomic E-state index is 0.512. The normalized spacial score (nSPS) is 11.2. The molecule has 0 saturated carbocycles. The summed E-state index contributed by atoms with van der Waals surface area (Å²) in [5, 5.41) is 3.21. The van der Waals surface area contributed by atoms with Gasteiger partial charge in [0.05, 0.1) is 5.52 Å². The molecule has 7 aromatic rings. The summed E-state index contributed by atoms with van der Waals surface area (Å²) >= 11 is 0. The Morgan fingerprint density at radius 2 is 0.895 bits per heavy atom. The van der Waals surface area contributed by atoms with Crippen molar-refractivity contribution in [2.45, 2.75) is 0 Å². The molecule has 0 bridgehead atoms. The van der Waals surface area contributed by atoms with Gasteiger partial charge in [-0.05, 0) is 22.9 Å². The number of hydrogen-bond donors (Lipinski definition) is 0. The van der Waals surface area contributed by atoms with Crippen molar-refractivity contribution in [3.8, 4) is 45.7 Å². The maximum absolute atomic E-state index is 5.05. The summed E-state index contributed by atoms with van der Waals surface area (Å²) in [6.07, 6.45) is 0. The van der Waals surface area contributed by atoms with Crippen LogP contribution in [0, 0.1) is 0 Å². The van der Waals surface area contributed by atoms with Crippen molar-refractivity contribution in [2.75, 3.05) is 0 Å². The number of rotatable bonds is 4. The highest BCUT2D eigenvalue weighted by molar-refractivity contribution is 5.93. The van der Waals surface area contributed by atoms with Crippen LogP contribution in [0.15, 0.2) is 127 Å². The van der Waals surface area contributed by atoms with Crippen LogP contribution in [0.5, 0.6) is 0 Å². The number of aromatic nitrogens is 5. The molecule has 38 heavy (non-hydrogen) atoms.